The molecule has 0 amide bonds. The van der Waals surface area contributed by atoms with E-state index in [1.807, 2.05) is 0 Å². The van der Waals surface area contributed by atoms with E-state index in [9.17, 15) is 21.8 Å². The molecule has 112 valence electrons. The van der Waals surface area contributed by atoms with E-state index in [4.69, 9.17) is 5.11 Å². The first-order valence-electron chi connectivity index (χ1n) is 5.48. The Labute approximate surface area is 118 Å². The molecule has 0 aliphatic rings. The van der Waals surface area contributed by atoms with Crippen molar-refractivity contribution in [2.45, 2.75) is 11.8 Å². The van der Waals surface area contributed by atoms with E-state index in [1.165, 1.54) is 13.2 Å². The highest BCUT2D eigenvalue weighted by Crippen LogP contribution is 2.20. The summed E-state index contributed by atoms with van der Waals surface area (Å²) >= 11 is 0. The van der Waals surface area contributed by atoms with Crippen LogP contribution >= 0.6 is 0 Å². The number of nitrogens with one attached hydrogen (secondary N) is 1. The average molecular weight is 323 g/mol. The smallest absolute Gasteiger partial charge is 0.335 e. The van der Waals surface area contributed by atoms with Crippen molar-refractivity contribution in [3.8, 4) is 0 Å². The number of halogens is 1. The van der Waals surface area contributed by atoms with Crippen molar-refractivity contribution in [1.29, 1.82) is 0 Å². The molecule has 0 radical (unpaired) electrons. The molecule has 2 N–H and O–H groups in total. The van der Waals surface area contributed by atoms with Crippen LogP contribution in [0.15, 0.2) is 17.0 Å². The van der Waals surface area contributed by atoms with Crippen molar-refractivity contribution >= 4 is 26.8 Å². The van der Waals surface area contributed by atoms with Gasteiger partial charge in [0, 0.05) is 34.9 Å². The Kier molecular flexibility index (Phi) is 5.37. The van der Waals surface area contributed by atoms with E-state index in [-0.39, 0.29) is 17.9 Å². The average Bonchev–Trinajstić information content (AvgIpc) is 2.31. The van der Waals surface area contributed by atoms with Crippen LogP contribution in [-0.2, 0) is 20.8 Å². The molecule has 9 heteroatoms. The first-order valence-corrected chi connectivity index (χ1v) is 8.69. The Morgan fingerprint density at radius 2 is 2.05 bits per heavy atom. The highest BCUT2D eigenvalue weighted by Gasteiger charge is 2.21. The molecule has 0 bridgehead atoms. The maximum atomic E-state index is 13.6. The van der Waals surface area contributed by atoms with E-state index >= 15 is 0 Å². The number of hydrogen-bond donors (Lipinski definition) is 2. The van der Waals surface area contributed by atoms with Gasteiger partial charge in [-0.3, -0.25) is 4.21 Å². The van der Waals surface area contributed by atoms with Gasteiger partial charge in [0.1, 0.15) is 5.82 Å². The Balaban J connectivity index is 3.17. The molecule has 20 heavy (non-hydrogen) atoms. The number of aromatic carboxylic acids is 1. The van der Waals surface area contributed by atoms with Gasteiger partial charge in [-0.2, -0.15) is 0 Å². The van der Waals surface area contributed by atoms with E-state index in [0.717, 1.165) is 12.1 Å². The fourth-order valence-corrected chi connectivity index (χ4v) is 3.28. The number of hydrogen-bond acceptors (Lipinski definition) is 4. The van der Waals surface area contributed by atoms with Gasteiger partial charge in [-0.1, -0.05) is 0 Å². The number of carbonyl (C=O) groups is 1. The lowest BCUT2D eigenvalue weighted by atomic mass is 10.1. The van der Waals surface area contributed by atoms with E-state index in [2.05, 4.69) is 4.72 Å². The zero-order valence-electron chi connectivity index (χ0n) is 10.8. The van der Waals surface area contributed by atoms with Crippen LogP contribution in [0.3, 0.4) is 0 Å². The second-order valence-corrected chi connectivity index (χ2v) is 7.35. The maximum absolute atomic E-state index is 13.6. The van der Waals surface area contributed by atoms with Gasteiger partial charge in [0.2, 0.25) is 10.0 Å². The zero-order valence-corrected chi connectivity index (χ0v) is 12.5. The predicted molar refractivity (Wildman–Crippen MR) is 72.2 cm³/mol. The zero-order chi connectivity index (χ0) is 15.5. The van der Waals surface area contributed by atoms with Crippen LogP contribution in [0.1, 0.15) is 15.9 Å². The van der Waals surface area contributed by atoms with E-state index in [0.29, 0.717) is 0 Å². The van der Waals surface area contributed by atoms with Gasteiger partial charge in [0.15, 0.2) is 0 Å². The number of sulfonamides is 1. The highest BCUT2D eigenvalue weighted by atomic mass is 32.2. The van der Waals surface area contributed by atoms with E-state index in [1.54, 1.807) is 0 Å². The molecule has 0 saturated heterocycles. The number of carboxylic acid groups (broad SMARTS) is 1. The second-order valence-electron chi connectivity index (χ2n) is 4.06. The van der Waals surface area contributed by atoms with Crippen molar-refractivity contribution < 1.29 is 26.9 Å². The topological polar surface area (TPSA) is 101 Å². The molecule has 1 aromatic rings. The monoisotopic (exact) mass is 323 g/mol. The molecular weight excluding hydrogens is 309 g/mol. The summed E-state index contributed by atoms with van der Waals surface area (Å²) in [5.41, 5.74) is -0.618. The molecule has 0 aliphatic heterocycles. The third-order valence-corrected chi connectivity index (χ3v) is 4.88. The molecule has 1 unspecified atom stereocenters. The number of benzene rings is 1. The molecule has 0 aliphatic carbocycles. The number of rotatable bonds is 6. The van der Waals surface area contributed by atoms with Crippen molar-refractivity contribution in [3.05, 3.63) is 29.1 Å². The van der Waals surface area contributed by atoms with Gasteiger partial charge in [0.05, 0.1) is 10.5 Å². The summed E-state index contributed by atoms with van der Waals surface area (Å²) in [5.74, 6) is -2.22. The summed E-state index contributed by atoms with van der Waals surface area (Å²) in [6.45, 7) is 1.16. The summed E-state index contributed by atoms with van der Waals surface area (Å²) in [7, 11) is -5.23. The van der Waals surface area contributed by atoms with Gasteiger partial charge in [-0.05, 0) is 19.1 Å². The molecule has 0 aromatic heterocycles. The van der Waals surface area contributed by atoms with Gasteiger partial charge in [-0.25, -0.2) is 22.3 Å². The third-order valence-electron chi connectivity index (χ3n) is 2.51. The fraction of sp³-hybridized carbons (Fsp3) is 0.364. The third kappa shape index (κ3) is 4.09. The Morgan fingerprint density at radius 1 is 1.45 bits per heavy atom. The highest BCUT2D eigenvalue weighted by molar-refractivity contribution is 7.89. The molecule has 6 nitrogen and oxygen atoms in total. The molecule has 0 saturated carbocycles. The molecule has 1 rings (SSSR count). The van der Waals surface area contributed by atoms with Crippen LogP contribution in [0, 0.1) is 12.7 Å². The largest absolute Gasteiger partial charge is 0.478 e. The van der Waals surface area contributed by atoms with Crippen LogP contribution in [0.25, 0.3) is 0 Å². The fourth-order valence-electron chi connectivity index (χ4n) is 1.45. The Hall–Kier alpha value is -1.32. The molecular formula is C11H14FNO5S2. The lowest BCUT2D eigenvalue weighted by Crippen LogP contribution is -2.28. The van der Waals surface area contributed by atoms with Crippen LogP contribution < -0.4 is 4.72 Å². The van der Waals surface area contributed by atoms with Crippen LogP contribution in [-0.4, -0.2) is 42.3 Å². The summed E-state index contributed by atoms with van der Waals surface area (Å²) in [4.78, 5) is 10.4. The quantitative estimate of drug-likeness (QED) is 0.793. The van der Waals surface area contributed by atoms with Crippen molar-refractivity contribution in [3.63, 3.8) is 0 Å². The van der Waals surface area contributed by atoms with Crippen molar-refractivity contribution in [1.82, 2.24) is 4.72 Å². The maximum Gasteiger partial charge on any atom is 0.335 e. The second kappa shape index (κ2) is 6.42. The van der Waals surface area contributed by atoms with Gasteiger partial charge < -0.3 is 5.11 Å². The van der Waals surface area contributed by atoms with Crippen LogP contribution in [0.5, 0.6) is 0 Å². The first kappa shape index (κ1) is 16.7. The summed E-state index contributed by atoms with van der Waals surface area (Å²) in [5, 5.41) is 8.82. The summed E-state index contributed by atoms with van der Waals surface area (Å²) in [6, 6.07) is 1.66. The minimum absolute atomic E-state index is 0.0796. The van der Waals surface area contributed by atoms with Gasteiger partial charge >= 0.3 is 5.97 Å². The van der Waals surface area contributed by atoms with E-state index < -0.39 is 43.1 Å². The lowest BCUT2D eigenvalue weighted by Gasteiger charge is -2.10. The minimum Gasteiger partial charge on any atom is -0.478 e. The first-order chi connectivity index (χ1) is 9.15. The minimum atomic E-state index is -4.05. The molecule has 0 spiro atoms. The van der Waals surface area contributed by atoms with Crippen molar-refractivity contribution in [2.24, 2.45) is 0 Å². The number of carboxylic acids is 1. The SMILES string of the molecule is Cc1c(F)cc(C(=O)O)cc1S(=O)(=O)NCCS(C)=O. The Morgan fingerprint density at radius 3 is 2.55 bits per heavy atom. The lowest BCUT2D eigenvalue weighted by molar-refractivity contribution is 0.0696. The van der Waals surface area contributed by atoms with Crippen molar-refractivity contribution in [2.75, 3.05) is 18.6 Å². The normalized spacial score (nSPS) is 13.2. The standard InChI is InChI=1S/C11H14FNO5S2/c1-7-9(12)5-8(11(14)15)6-10(7)20(17,18)13-3-4-19(2)16/h5-6,13H,3-4H2,1-2H3,(H,14,15). The molecule has 1 atom stereocenters. The predicted octanol–water partition coefficient (Wildman–Crippen LogP) is 0.489. The molecule has 0 heterocycles. The van der Waals surface area contributed by atoms with Gasteiger partial charge in [-0.15, -0.1) is 0 Å². The van der Waals surface area contributed by atoms with Gasteiger partial charge in [0.25, 0.3) is 0 Å². The van der Waals surface area contributed by atoms with Crippen LogP contribution in [0.4, 0.5) is 4.39 Å². The summed E-state index contributed by atoms with van der Waals surface area (Å²) < 4.78 is 50.6. The summed E-state index contributed by atoms with van der Waals surface area (Å²) in [6.07, 6.45) is 1.42. The van der Waals surface area contributed by atoms with Crippen LogP contribution in [0.2, 0.25) is 0 Å². The Bertz CT molecular complexity index is 657. The molecule has 0 fully saturated rings. The molecule has 1 aromatic carbocycles.